The number of amides is 2. The summed E-state index contributed by atoms with van der Waals surface area (Å²) in [6.07, 6.45) is 0. The van der Waals surface area contributed by atoms with E-state index in [1.165, 1.54) is 12.5 Å². The predicted molar refractivity (Wildman–Crippen MR) is 160 cm³/mol. The standard InChI is InChI=1S/C32H37N5O2/c1-6-37(7-2)20-25-12-10-11-24(17-25)19-33-30-18-27(26-13-8-9-14-29(26)35-30)32(39)36-28-16-15-21(3)31(22(28)4)34-23(5)38/h8-18H,6-7,19-20H2,1-5H3,(H,33,35)(H,34,38)(H,36,39). The predicted octanol–water partition coefficient (Wildman–Crippen LogP) is 6.52. The van der Waals surface area contributed by atoms with Crippen molar-refractivity contribution < 1.29 is 9.59 Å². The maximum atomic E-state index is 13.6. The molecule has 0 radical (unpaired) electrons. The minimum Gasteiger partial charge on any atom is -0.366 e. The molecule has 1 heterocycles. The van der Waals surface area contributed by atoms with Gasteiger partial charge in [-0.05, 0) is 67.4 Å². The Morgan fingerprint density at radius 3 is 2.36 bits per heavy atom. The minimum atomic E-state index is -0.237. The summed E-state index contributed by atoms with van der Waals surface area (Å²) >= 11 is 0. The highest BCUT2D eigenvalue weighted by Gasteiger charge is 2.16. The minimum absolute atomic E-state index is 0.154. The number of rotatable bonds is 10. The van der Waals surface area contributed by atoms with Crippen LogP contribution in [0.3, 0.4) is 0 Å². The summed E-state index contributed by atoms with van der Waals surface area (Å²) in [4.78, 5) is 32.4. The van der Waals surface area contributed by atoms with Gasteiger partial charge in [-0.1, -0.05) is 62.4 Å². The van der Waals surface area contributed by atoms with Crippen molar-refractivity contribution in [2.75, 3.05) is 29.0 Å². The molecule has 0 spiro atoms. The summed E-state index contributed by atoms with van der Waals surface area (Å²) in [6.45, 7) is 13.2. The Hall–Kier alpha value is -4.23. The lowest BCUT2D eigenvalue weighted by Crippen LogP contribution is -2.22. The largest absolute Gasteiger partial charge is 0.366 e. The Kier molecular flexibility index (Phi) is 8.94. The van der Waals surface area contributed by atoms with Crippen LogP contribution < -0.4 is 16.0 Å². The molecule has 4 rings (SSSR count). The van der Waals surface area contributed by atoms with E-state index in [0.717, 1.165) is 47.2 Å². The number of carbonyl (C=O) groups excluding carboxylic acids is 2. The molecule has 0 aliphatic heterocycles. The van der Waals surface area contributed by atoms with Gasteiger partial charge in [-0.25, -0.2) is 4.98 Å². The summed E-state index contributed by atoms with van der Waals surface area (Å²) in [5.74, 6) is 0.241. The molecule has 7 heteroatoms. The van der Waals surface area contributed by atoms with Gasteiger partial charge in [0.25, 0.3) is 5.91 Å². The molecule has 0 saturated heterocycles. The number of aromatic nitrogens is 1. The highest BCUT2D eigenvalue weighted by atomic mass is 16.2. The molecule has 0 aliphatic rings. The first-order valence-electron chi connectivity index (χ1n) is 13.4. The van der Waals surface area contributed by atoms with Crippen molar-refractivity contribution in [1.29, 1.82) is 0 Å². The van der Waals surface area contributed by atoms with Gasteiger partial charge in [0.05, 0.1) is 11.1 Å². The average Bonchev–Trinajstić information content (AvgIpc) is 2.94. The molecule has 7 nitrogen and oxygen atoms in total. The first-order valence-corrected chi connectivity index (χ1v) is 13.4. The number of pyridine rings is 1. The topological polar surface area (TPSA) is 86.4 Å². The van der Waals surface area contributed by atoms with Crippen LogP contribution in [-0.4, -0.2) is 34.8 Å². The number of nitrogens with one attached hydrogen (secondary N) is 3. The van der Waals surface area contributed by atoms with E-state index in [1.54, 1.807) is 6.07 Å². The van der Waals surface area contributed by atoms with Gasteiger partial charge in [-0.2, -0.15) is 0 Å². The summed E-state index contributed by atoms with van der Waals surface area (Å²) in [5.41, 5.74) is 6.79. The zero-order valence-electron chi connectivity index (χ0n) is 23.4. The fourth-order valence-corrected chi connectivity index (χ4v) is 4.73. The van der Waals surface area contributed by atoms with E-state index >= 15 is 0 Å². The molecule has 3 N–H and O–H groups in total. The lowest BCUT2D eigenvalue weighted by Gasteiger charge is -2.18. The maximum absolute atomic E-state index is 13.6. The van der Waals surface area contributed by atoms with Crippen LogP contribution in [0.1, 0.15) is 53.4 Å². The summed E-state index contributed by atoms with van der Waals surface area (Å²) in [7, 11) is 0. The van der Waals surface area contributed by atoms with Gasteiger partial charge >= 0.3 is 0 Å². The molecule has 0 fully saturated rings. The molecule has 0 unspecified atom stereocenters. The molecule has 39 heavy (non-hydrogen) atoms. The van der Waals surface area contributed by atoms with Gasteiger partial charge < -0.3 is 16.0 Å². The molecule has 0 bridgehead atoms. The number of anilines is 3. The van der Waals surface area contributed by atoms with Crippen molar-refractivity contribution in [2.24, 2.45) is 0 Å². The smallest absolute Gasteiger partial charge is 0.256 e. The molecule has 202 valence electrons. The summed E-state index contributed by atoms with van der Waals surface area (Å²) < 4.78 is 0. The van der Waals surface area contributed by atoms with Crippen molar-refractivity contribution in [2.45, 2.75) is 47.7 Å². The lowest BCUT2D eigenvalue weighted by molar-refractivity contribution is -0.114. The Morgan fingerprint density at radius 1 is 0.872 bits per heavy atom. The van der Waals surface area contributed by atoms with E-state index < -0.39 is 0 Å². The van der Waals surface area contributed by atoms with E-state index in [0.29, 0.717) is 29.3 Å². The Bertz CT molecular complexity index is 1490. The fourth-order valence-electron chi connectivity index (χ4n) is 4.73. The van der Waals surface area contributed by atoms with Crippen molar-refractivity contribution in [3.05, 3.63) is 94.5 Å². The van der Waals surface area contributed by atoms with E-state index in [2.05, 4.69) is 59.0 Å². The van der Waals surface area contributed by atoms with Gasteiger partial charge in [0, 0.05) is 36.8 Å². The number of hydrogen-bond donors (Lipinski definition) is 3. The third kappa shape index (κ3) is 6.81. The molecular formula is C32H37N5O2. The fraction of sp³-hybridized carbons (Fsp3) is 0.281. The Balaban J connectivity index is 1.58. The Morgan fingerprint density at radius 2 is 1.62 bits per heavy atom. The van der Waals surface area contributed by atoms with Crippen molar-refractivity contribution >= 4 is 39.9 Å². The molecule has 0 saturated carbocycles. The highest BCUT2D eigenvalue weighted by molar-refractivity contribution is 6.13. The van der Waals surface area contributed by atoms with Crippen LogP contribution in [-0.2, 0) is 17.9 Å². The second-order valence-electron chi connectivity index (χ2n) is 9.77. The third-order valence-electron chi connectivity index (χ3n) is 6.95. The van der Waals surface area contributed by atoms with E-state index in [1.807, 2.05) is 50.2 Å². The van der Waals surface area contributed by atoms with Gasteiger partial charge in [-0.15, -0.1) is 0 Å². The monoisotopic (exact) mass is 523 g/mol. The molecule has 4 aromatic rings. The third-order valence-corrected chi connectivity index (χ3v) is 6.95. The van der Waals surface area contributed by atoms with E-state index in [-0.39, 0.29) is 11.8 Å². The van der Waals surface area contributed by atoms with Crippen LogP contribution in [0, 0.1) is 13.8 Å². The quantitative estimate of drug-likeness (QED) is 0.220. The van der Waals surface area contributed by atoms with Crippen molar-refractivity contribution in [3.63, 3.8) is 0 Å². The van der Waals surface area contributed by atoms with Crippen LogP contribution in [0.25, 0.3) is 10.9 Å². The van der Waals surface area contributed by atoms with E-state index in [9.17, 15) is 9.59 Å². The van der Waals surface area contributed by atoms with Gasteiger partial charge in [0.1, 0.15) is 5.82 Å². The van der Waals surface area contributed by atoms with Crippen LogP contribution in [0.2, 0.25) is 0 Å². The van der Waals surface area contributed by atoms with Gasteiger partial charge in [0.15, 0.2) is 0 Å². The number of aryl methyl sites for hydroxylation is 1. The first-order chi connectivity index (χ1) is 18.8. The first kappa shape index (κ1) is 27.8. The molecule has 1 aromatic heterocycles. The van der Waals surface area contributed by atoms with Crippen molar-refractivity contribution in [3.8, 4) is 0 Å². The SMILES string of the molecule is CCN(CC)Cc1cccc(CNc2cc(C(=O)Nc3ccc(C)c(NC(C)=O)c3C)c3ccccc3n2)c1. The van der Waals surface area contributed by atoms with Crippen molar-refractivity contribution in [1.82, 2.24) is 9.88 Å². The second-order valence-corrected chi connectivity index (χ2v) is 9.77. The number of nitrogens with zero attached hydrogens (tertiary/aromatic N) is 2. The molecule has 2 amide bonds. The summed E-state index contributed by atoms with van der Waals surface area (Å²) in [5, 5.41) is 10.1. The van der Waals surface area contributed by atoms with Gasteiger partial charge in [-0.3, -0.25) is 14.5 Å². The van der Waals surface area contributed by atoms with E-state index in [4.69, 9.17) is 4.98 Å². The second kappa shape index (κ2) is 12.5. The Labute approximate surface area is 230 Å². The number of carbonyl (C=O) groups is 2. The maximum Gasteiger partial charge on any atom is 0.256 e. The number of benzene rings is 3. The average molecular weight is 524 g/mol. The lowest BCUT2D eigenvalue weighted by atomic mass is 10.0. The zero-order valence-corrected chi connectivity index (χ0v) is 23.4. The molecule has 0 atom stereocenters. The summed E-state index contributed by atoms with van der Waals surface area (Å²) in [6, 6.07) is 21.7. The molecule has 0 aliphatic carbocycles. The number of fused-ring (bicyclic) bond motifs is 1. The normalized spacial score (nSPS) is 11.0. The van der Waals surface area contributed by atoms with Crippen LogP contribution in [0.5, 0.6) is 0 Å². The number of para-hydroxylation sites is 1. The molecule has 3 aromatic carbocycles. The highest BCUT2D eigenvalue weighted by Crippen LogP contribution is 2.29. The zero-order chi connectivity index (χ0) is 27.9. The van der Waals surface area contributed by atoms with Crippen LogP contribution in [0.4, 0.5) is 17.2 Å². The van der Waals surface area contributed by atoms with Gasteiger partial charge in [0.2, 0.25) is 5.91 Å². The van der Waals surface area contributed by atoms with Crippen LogP contribution in [0.15, 0.2) is 66.7 Å². The molecular weight excluding hydrogens is 486 g/mol. The van der Waals surface area contributed by atoms with Crippen LogP contribution >= 0.6 is 0 Å². The number of hydrogen-bond acceptors (Lipinski definition) is 5.